The van der Waals surface area contributed by atoms with Crippen molar-refractivity contribution in [3.63, 3.8) is 0 Å². The molecule has 0 saturated carbocycles. The van der Waals surface area contributed by atoms with Gasteiger partial charge in [-0.3, -0.25) is 4.79 Å². The second kappa shape index (κ2) is 10.8. The van der Waals surface area contributed by atoms with Crippen LogP contribution in [-0.2, 0) is 11.2 Å². The monoisotopic (exact) mass is 451 g/mol. The maximum absolute atomic E-state index is 12.8. The molecule has 4 N–H and O–H groups in total. The largest absolute Gasteiger partial charge is 0.361 e. The number of nitrogens with zero attached hydrogens (tertiary/aromatic N) is 1. The van der Waals surface area contributed by atoms with Crippen molar-refractivity contribution < 1.29 is 9.59 Å². The Balaban J connectivity index is 1.45. The number of hydrogen-bond donors (Lipinski definition) is 4. The number of para-hydroxylation sites is 1. The summed E-state index contributed by atoms with van der Waals surface area (Å²) in [5.74, 6) is -0.338. The molecule has 1 atom stereocenters. The Morgan fingerprint density at radius 2 is 1.62 bits per heavy atom. The van der Waals surface area contributed by atoms with Gasteiger partial charge < -0.3 is 20.9 Å². The molecule has 7 heteroatoms. The van der Waals surface area contributed by atoms with Crippen LogP contribution in [0.15, 0.2) is 85.1 Å². The standard InChI is InChI=1S/C27H25N5O2/c28-15-6-16-29-26(33)25(17-21-18-30-24-10-5-4-9-23(21)24)32-27(34)31-22-13-11-20(12-14-22)19-7-2-1-3-8-19/h1-5,7-14,18,25,30H,6,16-17H2,(H,29,33)(H2,31,32,34). The van der Waals surface area contributed by atoms with Crippen molar-refractivity contribution in [1.29, 1.82) is 5.26 Å². The molecule has 34 heavy (non-hydrogen) atoms. The highest BCUT2D eigenvalue weighted by atomic mass is 16.2. The molecule has 0 spiro atoms. The second-order valence-corrected chi connectivity index (χ2v) is 7.86. The summed E-state index contributed by atoms with van der Waals surface area (Å²) in [5.41, 5.74) is 4.63. The Morgan fingerprint density at radius 3 is 2.38 bits per heavy atom. The summed E-state index contributed by atoms with van der Waals surface area (Å²) in [5, 5.41) is 18.1. The quantitative estimate of drug-likeness (QED) is 0.294. The average molecular weight is 452 g/mol. The molecule has 1 unspecified atom stereocenters. The summed E-state index contributed by atoms with van der Waals surface area (Å²) in [6.45, 7) is 0.226. The molecule has 0 aliphatic heterocycles. The number of amides is 3. The predicted molar refractivity (Wildman–Crippen MR) is 133 cm³/mol. The first-order valence-electron chi connectivity index (χ1n) is 11.1. The first-order valence-corrected chi connectivity index (χ1v) is 11.1. The number of fused-ring (bicyclic) bond motifs is 1. The lowest BCUT2D eigenvalue weighted by Gasteiger charge is -2.18. The van der Waals surface area contributed by atoms with Crippen molar-refractivity contribution in [3.8, 4) is 17.2 Å². The van der Waals surface area contributed by atoms with Gasteiger partial charge in [-0.25, -0.2) is 4.79 Å². The van der Waals surface area contributed by atoms with Crippen molar-refractivity contribution in [2.24, 2.45) is 0 Å². The number of rotatable bonds is 8. The van der Waals surface area contributed by atoms with Crippen LogP contribution in [0.3, 0.4) is 0 Å². The normalized spacial score (nSPS) is 11.4. The van der Waals surface area contributed by atoms with Crippen molar-refractivity contribution in [2.45, 2.75) is 18.9 Å². The van der Waals surface area contributed by atoms with Crippen molar-refractivity contribution in [1.82, 2.24) is 15.6 Å². The first kappa shape index (κ1) is 22.6. The molecule has 4 aromatic rings. The fraction of sp³-hybridized carbons (Fsp3) is 0.148. The number of aromatic amines is 1. The molecule has 0 aliphatic rings. The summed E-state index contributed by atoms with van der Waals surface area (Å²) in [6.07, 6.45) is 2.36. The Labute approximate surface area is 197 Å². The third-order valence-corrected chi connectivity index (χ3v) is 5.51. The number of benzene rings is 3. The van der Waals surface area contributed by atoms with Crippen LogP contribution in [0.5, 0.6) is 0 Å². The zero-order valence-electron chi connectivity index (χ0n) is 18.5. The van der Waals surface area contributed by atoms with Gasteiger partial charge in [0.25, 0.3) is 0 Å². The van der Waals surface area contributed by atoms with Crippen molar-refractivity contribution >= 4 is 28.5 Å². The summed E-state index contributed by atoms with van der Waals surface area (Å²) < 4.78 is 0. The van der Waals surface area contributed by atoms with E-state index in [0.717, 1.165) is 27.6 Å². The van der Waals surface area contributed by atoms with Crippen LogP contribution >= 0.6 is 0 Å². The molecular weight excluding hydrogens is 426 g/mol. The van der Waals surface area contributed by atoms with E-state index < -0.39 is 12.1 Å². The third kappa shape index (κ3) is 5.61. The molecule has 1 heterocycles. The number of anilines is 1. The van der Waals surface area contributed by atoms with Crippen molar-refractivity contribution in [2.75, 3.05) is 11.9 Å². The summed E-state index contributed by atoms with van der Waals surface area (Å²) in [4.78, 5) is 28.7. The summed E-state index contributed by atoms with van der Waals surface area (Å²) >= 11 is 0. The van der Waals surface area contributed by atoms with E-state index in [1.54, 1.807) is 0 Å². The molecule has 7 nitrogen and oxygen atoms in total. The number of hydrogen-bond acceptors (Lipinski definition) is 3. The maximum Gasteiger partial charge on any atom is 0.319 e. The van der Waals surface area contributed by atoms with E-state index >= 15 is 0 Å². The topological polar surface area (TPSA) is 110 Å². The van der Waals surface area contributed by atoms with E-state index in [-0.39, 0.29) is 18.9 Å². The van der Waals surface area contributed by atoms with Gasteiger partial charge in [-0.2, -0.15) is 5.26 Å². The average Bonchev–Trinajstić information content (AvgIpc) is 3.27. The lowest BCUT2D eigenvalue weighted by Crippen LogP contribution is -2.49. The smallest absolute Gasteiger partial charge is 0.319 e. The van der Waals surface area contributed by atoms with Crippen LogP contribution in [0, 0.1) is 11.3 Å². The molecule has 0 bridgehead atoms. The molecule has 3 aromatic carbocycles. The van der Waals surface area contributed by atoms with E-state index in [1.807, 2.05) is 91.1 Å². The van der Waals surface area contributed by atoms with E-state index in [2.05, 4.69) is 20.9 Å². The number of aromatic nitrogens is 1. The van der Waals surface area contributed by atoms with E-state index in [9.17, 15) is 9.59 Å². The highest BCUT2D eigenvalue weighted by Crippen LogP contribution is 2.21. The number of nitrogens with one attached hydrogen (secondary N) is 4. The minimum Gasteiger partial charge on any atom is -0.361 e. The van der Waals surface area contributed by atoms with Gasteiger partial charge in [0.2, 0.25) is 5.91 Å². The van der Waals surface area contributed by atoms with Crippen LogP contribution < -0.4 is 16.0 Å². The Morgan fingerprint density at radius 1 is 0.912 bits per heavy atom. The van der Waals surface area contributed by atoms with Crippen LogP contribution in [-0.4, -0.2) is 29.5 Å². The van der Waals surface area contributed by atoms with Gasteiger partial charge in [0, 0.05) is 35.8 Å². The fourth-order valence-corrected chi connectivity index (χ4v) is 3.80. The Hall–Kier alpha value is -4.57. The van der Waals surface area contributed by atoms with Gasteiger partial charge in [-0.15, -0.1) is 0 Å². The number of carbonyl (C=O) groups is 2. The van der Waals surface area contributed by atoms with Crippen LogP contribution in [0.2, 0.25) is 0 Å². The highest BCUT2D eigenvalue weighted by Gasteiger charge is 2.22. The van der Waals surface area contributed by atoms with E-state index in [0.29, 0.717) is 12.1 Å². The third-order valence-electron chi connectivity index (χ3n) is 5.51. The minimum atomic E-state index is -0.804. The first-order chi connectivity index (χ1) is 16.6. The van der Waals surface area contributed by atoms with Gasteiger partial charge in [0.15, 0.2) is 0 Å². The summed E-state index contributed by atoms with van der Waals surface area (Å²) in [7, 11) is 0. The number of urea groups is 1. The van der Waals surface area contributed by atoms with E-state index in [1.165, 1.54) is 0 Å². The number of H-pyrrole nitrogens is 1. The van der Waals surface area contributed by atoms with Crippen LogP contribution in [0.25, 0.3) is 22.0 Å². The molecule has 0 fully saturated rings. The molecule has 1 aromatic heterocycles. The van der Waals surface area contributed by atoms with Crippen LogP contribution in [0.4, 0.5) is 10.5 Å². The maximum atomic E-state index is 12.8. The Bertz CT molecular complexity index is 1310. The highest BCUT2D eigenvalue weighted by molar-refractivity contribution is 5.94. The molecule has 3 amide bonds. The van der Waals surface area contributed by atoms with Gasteiger partial charge in [-0.1, -0.05) is 60.7 Å². The molecule has 0 radical (unpaired) electrons. The Kier molecular flexibility index (Phi) is 7.21. The molecular formula is C27H25N5O2. The SMILES string of the molecule is N#CCCNC(=O)C(Cc1c[nH]c2ccccc12)NC(=O)Nc1ccc(-c2ccccc2)cc1. The zero-order chi connectivity index (χ0) is 23.8. The molecule has 4 rings (SSSR count). The van der Waals surface area contributed by atoms with Gasteiger partial charge in [0.05, 0.1) is 12.5 Å². The summed E-state index contributed by atoms with van der Waals surface area (Å²) in [6, 6.07) is 26.0. The van der Waals surface area contributed by atoms with Gasteiger partial charge >= 0.3 is 6.03 Å². The molecule has 0 saturated heterocycles. The van der Waals surface area contributed by atoms with Crippen LogP contribution in [0.1, 0.15) is 12.0 Å². The zero-order valence-corrected chi connectivity index (χ0v) is 18.5. The minimum absolute atomic E-state index is 0.200. The second-order valence-electron chi connectivity index (χ2n) is 7.86. The van der Waals surface area contributed by atoms with Crippen molar-refractivity contribution in [3.05, 3.63) is 90.6 Å². The van der Waals surface area contributed by atoms with Gasteiger partial charge in [-0.05, 0) is 34.9 Å². The lowest BCUT2D eigenvalue weighted by atomic mass is 10.0. The predicted octanol–water partition coefficient (Wildman–Crippen LogP) is 4.60. The lowest BCUT2D eigenvalue weighted by molar-refractivity contribution is -0.122. The molecule has 170 valence electrons. The number of nitriles is 1. The fourth-order valence-electron chi connectivity index (χ4n) is 3.80. The number of carbonyl (C=O) groups excluding carboxylic acids is 2. The molecule has 0 aliphatic carbocycles. The van der Waals surface area contributed by atoms with Gasteiger partial charge in [0.1, 0.15) is 6.04 Å². The van der Waals surface area contributed by atoms with E-state index in [4.69, 9.17) is 5.26 Å².